The van der Waals surface area contributed by atoms with E-state index in [-0.39, 0.29) is 5.91 Å². The van der Waals surface area contributed by atoms with Crippen molar-refractivity contribution in [1.82, 2.24) is 0 Å². The molecule has 0 radical (unpaired) electrons. The second kappa shape index (κ2) is 8.50. The fourth-order valence-electron chi connectivity index (χ4n) is 3.43. The first kappa shape index (κ1) is 21.0. The fourth-order valence-corrected chi connectivity index (χ4v) is 3.43. The fraction of sp³-hybridized carbons (Fsp3) is 0.167. The largest absolute Gasteiger partial charge is 0.497 e. The summed E-state index contributed by atoms with van der Waals surface area (Å²) in [6, 6.07) is 15.2. The summed E-state index contributed by atoms with van der Waals surface area (Å²) in [7, 11) is 4.75. The molecule has 1 aliphatic rings. The smallest absolute Gasteiger partial charge is 0.323 e. The van der Waals surface area contributed by atoms with Crippen LogP contribution in [0.1, 0.15) is 15.9 Å². The van der Waals surface area contributed by atoms with E-state index in [2.05, 4.69) is 10.6 Å². The van der Waals surface area contributed by atoms with E-state index in [1.54, 1.807) is 55.5 Å². The molecule has 8 nitrogen and oxygen atoms in total. The molecule has 0 spiro atoms. The van der Waals surface area contributed by atoms with Crippen LogP contribution in [-0.2, 0) is 0 Å². The maximum atomic E-state index is 13.1. The number of anilines is 3. The highest BCUT2D eigenvalue weighted by atomic mass is 16.5. The Kier molecular flexibility index (Phi) is 5.59. The number of urea groups is 1. The highest BCUT2D eigenvalue weighted by Gasteiger charge is 2.26. The van der Waals surface area contributed by atoms with E-state index in [0.717, 1.165) is 5.56 Å². The summed E-state index contributed by atoms with van der Waals surface area (Å²) in [5.74, 6) is 1.85. The molecule has 0 fully saturated rings. The topological polar surface area (TPSA) is 89.1 Å². The lowest BCUT2D eigenvalue weighted by Crippen LogP contribution is -2.25. The molecule has 3 aromatic rings. The number of carbonyl (C=O) groups is 2. The van der Waals surface area contributed by atoms with Crippen LogP contribution in [0.2, 0.25) is 0 Å². The van der Waals surface area contributed by atoms with Gasteiger partial charge in [-0.15, -0.1) is 0 Å². The third-order valence-electron chi connectivity index (χ3n) is 5.13. The van der Waals surface area contributed by atoms with Gasteiger partial charge in [0.05, 0.1) is 31.2 Å². The number of amides is 3. The SMILES string of the molecule is COc1ccc(NC(=O)Nc2ccc3c(c2)C(=O)N(C)c2cc(C)ccc2O3)c(OC)c1. The first-order valence-corrected chi connectivity index (χ1v) is 9.90. The van der Waals surface area contributed by atoms with E-state index in [9.17, 15) is 9.59 Å². The normalized spacial score (nSPS) is 12.1. The Bertz CT molecular complexity index is 1210. The van der Waals surface area contributed by atoms with Crippen LogP contribution in [0.3, 0.4) is 0 Å². The third kappa shape index (κ3) is 4.02. The number of nitrogens with one attached hydrogen (secondary N) is 2. The van der Waals surface area contributed by atoms with Gasteiger partial charge in [-0.05, 0) is 55.0 Å². The number of carbonyl (C=O) groups excluding carboxylic acids is 2. The van der Waals surface area contributed by atoms with Gasteiger partial charge in [0, 0.05) is 18.8 Å². The average molecular weight is 433 g/mol. The van der Waals surface area contributed by atoms with E-state index < -0.39 is 6.03 Å². The highest BCUT2D eigenvalue weighted by Crippen LogP contribution is 2.39. The van der Waals surface area contributed by atoms with E-state index in [1.165, 1.54) is 7.11 Å². The van der Waals surface area contributed by atoms with Gasteiger partial charge in [-0.3, -0.25) is 4.79 Å². The summed E-state index contributed by atoms with van der Waals surface area (Å²) in [6.07, 6.45) is 0. The summed E-state index contributed by atoms with van der Waals surface area (Å²) >= 11 is 0. The Labute approximate surface area is 185 Å². The molecule has 2 N–H and O–H groups in total. The molecule has 32 heavy (non-hydrogen) atoms. The summed E-state index contributed by atoms with van der Waals surface area (Å²) < 4.78 is 16.5. The maximum absolute atomic E-state index is 13.1. The van der Waals surface area contributed by atoms with Gasteiger partial charge in [0.25, 0.3) is 5.91 Å². The molecule has 3 amide bonds. The zero-order valence-corrected chi connectivity index (χ0v) is 18.2. The van der Waals surface area contributed by atoms with Crippen LogP contribution in [0.4, 0.5) is 21.9 Å². The molecule has 0 aromatic heterocycles. The van der Waals surface area contributed by atoms with Gasteiger partial charge in [0.1, 0.15) is 17.2 Å². The minimum Gasteiger partial charge on any atom is -0.497 e. The van der Waals surface area contributed by atoms with Crippen LogP contribution in [0.15, 0.2) is 54.6 Å². The number of hydrogen-bond acceptors (Lipinski definition) is 5. The van der Waals surface area contributed by atoms with E-state index in [4.69, 9.17) is 14.2 Å². The quantitative estimate of drug-likeness (QED) is 0.602. The second-order valence-corrected chi connectivity index (χ2v) is 7.29. The summed E-state index contributed by atoms with van der Waals surface area (Å²) in [5, 5.41) is 5.48. The number of aryl methyl sites for hydroxylation is 1. The first-order chi connectivity index (χ1) is 15.4. The lowest BCUT2D eigenvalue weighted by atomic mass is 10.1. The number of hydrogen-bond donors (Lipinski definition) is 2. The van der Waals surface area contributed by atoms with Crippen molar-refractivity contribution in [1.29, 1.82) is 0 Å². The highest BCUT2D eigenvalue weighted by molar-refractivity contribution is 6.10. The average Bonchev–Trinajstić information content (AvgIpc) is 2.89. The van der Waals surface area contributed by atoms with E-state index in [0.29, 0.717) is 45.6 Å². The van der Waals surface area contributed by atoms with Crippen molar-refractivity contribution in [3.63, 3.8) is 0 Å². The molecule has 0 saturated carbocycles. The van der Waals surface area contributed by atoms with Gasteiger partial charge >= 0.3 is 6.03 Å². The molecule has 8 heteroatoms. The van der Waals surface area contributed by atoms with Gasteiger partial charge < -0.3 is 29.7 Å². The van der Waals surface area contributed by atoms with Crippen molar-refractivity contribution in [3.8, 4) is 23.0 Å². The molecule has 0 unspecified atom stereocenters. The molecule has 164 valence electrons. The third-order valence-corrected chi connectivity index (χ3v) is 5.13. The van der Waals surface area contributed by atoms with Crippen LogP contribution in [0.5, 0.6) is 23.0 Å². The second-order valence-electron chi connectivity index (χ2n) is 7.29. The Balaban J connectivity index is 1.56. The monoisotopic (exact) mass is 433 g/mol. The zero-order chi connectivity index (χ0) is 22.8. The molecule has 3 aromatic carbocycles. The van der Waals surface area contributed by atoms with Gasteiger partial charge in [0.2, 0.25) is 0 Å². The van der Waals surface area contributed by atoms with Crippen molar-refractivity contribution in [2.75, 3.05) is 36.8 Å². The minimum atomic E-state index is -0.484. The number of rotatable bonds is 4. The Morgan fingerprint density at radius 3 is 2.47 bits per heavy atom. The molecule has 1 aliphatic heterocycles. The number of ether oxygens (including phenoxy) is 3. The van der Waals surface area contributed by atoms with Gasteiger partial charge in [-0.25, -0.2) is 4.79 Å². The summed E-state index contributed by atoms with van der Waals surface area (Å²) in [6.45, 7) is 1.95. The minimum absolute atomic E-state index is 0.231. The number of fused-ring (bicyclic) bond motifs is 2. The standard InChI is InChI=1S/C24H23N3O5/c1-14-5-9-21-19(11-14)27(2)23(28)17-12-15(6-10-20(17)32-21)25-24(29)26-18-8-7-16(30-3)13-22(18)31-4/h5-13H,1-4H3,(H2,25,26,29). The van der Waals surface area contributed by atoms with Crippen LogP contribution in [0, 0.1) is 6.92 Å². The van der Waals surface area contributed by atoms with Gasteiger partial charge in [-0.2, -0.15) is 0 Å². The van der Waals surface area contributed by atoms with Gasteiger partial charge in [-0.1, -0.05) is 6.07 Å². The van der Waals surface area contributed by atoms with Gasteiger partial charge in [0.15, 0.2) is 5.75 Å². The molecular weight excluding hydrogens is 410 g/mol. The van der Waals surface area contributed by atoms with Crippen molar-refractivity contribution in [2.24, 2.45) is 0 Å². The van der Waals surface area contributed by atoms with E-state index >= 15 is 0 Å². The maximum Gasteiger partial charge on any atom is 0.323 e. The molecule has 0 bridgehead atoms. The predicted octanol–water partition coefficient (Wildman–Crippen LogP) is 5.04. The molecule has 4 rings (SSSR count). The Morgan fingerprint density at radius 2 is 1.72 bits per heavy atom. The zero-order valence-electron chi connectivity index (χ0n) is 18.2. The first-order valence-electron chi connectivity index (χ1n) is 9.90. The van der Waals surface area contributed by atoms with Crippen molar-refractivity contribution >= 4 is 29.0 Å². The van der Waals surface area contributed by atoms with Crippen molar-refractivity contribution in [2.45, 2.75) is 6.92 Å². The molecule has 0 saturated heterocycles. The van der Waals surface area contributed by atoms with Crippen molar-refractivity contribution in [3.05, 3.63) is 65.7 Å². The van der Waals surface area contributed by atoms with Crippen LogP contribution < -0.4 is 29.7 Å². The van der Waals surface area contributed by atoms with Crippen LogP contribution >= 0.6 is 0 Å². The summed E-state index contributed by atoms with van der Waals surface area (Å²) in [4.78, 5) is 27.2. The van der Waals surface area contributed by atoms with Crippen LogP contribution in [-0.4, -0.2) is 33.2 Å². The Morgan fingerprint density at radius 1 is 0.938 bits per heavy atom. The van der Waals surface area contributed by atoms with E-state index in [1.807, 2.05) is 25.1 Å². The summed E-state index contributed by atoms with van der Waals surface area (Å²) in [5.41, 5.74) is 2.98. The predicted molar refractivity (Wildman–Crippen MR) is 123 cm³/mol. The van der Waals surface area contributed by atoms with Crippen molar-refractivity contribution < 1.29 is 23.8 Å². The van der Waals surface area contributed by atoms with Crippen LogP contribution in [0.25, 0.3) is 0 Å². The number of benzene rings is 3. The lowest BCUT2D eigenvalue weighted by molar-refractivity contribution is 0.0993. The Hall–Kier alpha value is -4.20. The molecule has 1 heterocycles. The molecular formula is C24H23N3O5. The molecule has 0 aliphatic carbocycles. The number of methoxy groups -OCH3 is 2. The number of nitrogens with zero attached hydrogens (tertiary/aromatic N) is 1. The molecule has 0 atom stereocenters. The lowest BCUT2D eigenvalue weighted by Gasteiger charge is -2.17.